The summed E-state index contributed by atoms with van der Waals surface area (Å²) in [5, 5.41) is 12.4. The molecule has 4 aromatic rings. The number of para-hydroxylation sites is 1. The van der Waals surface area contributed by atoms with E-state index in [2.05, 4.69) is 20.9 Å². The smallest absolute Gasteiger partial charge is 0.295 e. The summed E-state index contributed by atoms with van der Waals surface area (Å²) in [5.41, 5.74) is 3.03. The number of amides is 1. The van der Waals surface area contributed by atoms with Crippen LogP contribution in [0, 0.1) is 0 Å². The number of ketones is 1. The summed E-state index contributed by atoms with van der Waals surface area (Å²) < 4.78 is 11.9. The van der Waals surface area contributed by atoms with Gasteiger partial charge in [-0.2, -0.15) is 0 Å². The number of hydrogen-bond acceptors (Lipinski definition) is 5. The molecular weight excluding hydrogens is 536 g/mol. The summed E-state index contributed by atoms with van der Waals surface area (Å²) in [7, 11) is 3.07. The second-order valence-electron chi connectivity index (χ2n) is 8.72. The molecule has 0 aliphatic carbocycles. The number of rotatable bonds is 7. The van der Waals surface area contributed by atoms with E-state index < -0.39 is 17.7 Å². The van der Waals surface area contributed by atoms with Crippen molar-refractivity contribution in [2.75, 3.05) is 20.8 Å². The van der Waals surface area contributed by atoms with Crippen LogP contribution >= 0.6 is 15.9 Å². The minimum atomic E-state index is -0.862. The quantitative estimate of drug-likeness (QED) is 0.174. The van der Waals surface area contributed by atoms with Crippen molar-refractivity contribution in [2.24, 2.45) is 0 Å². The van der Waals surface area contributed by atoms with E-state index in [-0.39, 0.29) is 17.9 Å². The van der Waals surface area contributed by atoms with E-state index in [1.54, 1.807) is 49.6 Å². The van der Waals surface area contributed by atoms with E-state index >= 15 is 0 Å². The second-order valence-corrected chi connectivity index (χ2v) is 9.63. The van der Waals surface area contributed by atoms with Gasteiger partial charge in [-0.15, -0.1) is 0 Å². The van der Waals surface area contributed by atoms with Gasteiger partial charge in [-0.3, -0.25) is 9.59 Å². The van der Waals surface area contributed by atoms with E-state index in [9.17, 15) is 14.7 Å². The molecule has 7 nitrogen and oxygen atoms in total. The van der Waals surface area contributed by atoms with Crippen molar-refractivity contribution in [1.82, 2.24) is 9.88 Å². The fraction of sp³-hybridized carbons (Fsp3) is 0.172. The average Bonchev–Trinajstić information content (AvgIpc) is 3.45. The van der Waals surface area contributed by atoms with Gasteiger partial charge in [0.2, 0.25) is 0 Å². The molecule has 1 aliphatic heterocycles. The number of nitrogens with zero attached hydrogens (tertiary/aromatic N) is 1. The van der Waals surface area contributed by atoms with Gasteiger partial charge < -0.3 is 24.5 Å². The van der Waals surface area contributed by atoms with Crippen LogP contribution in [0.2, 0.25) is 0 Å². The first-order valence-corrected chi connectivity index (χ1v) is 12.5. The molecule has 2 N–H and O–H groups in total. The number of aromatic amines is 1. The Labute approximate surface area is 222 Å². The third-order valence-electron chi connectivity index (χ3n) is 6.69. The van der Waals surface area contributed by atoms with Crippen molar-refractivity contribution in [3.8, 4) is 11.5 Å². The SMILES string of the molecule is COc1ccc(OC)c(C2/C(=C(/O)c3ccc(Br)cc3)C(=O)C(=O)N2CCc2c[nH]c3ccccc23)c1. The normalized spacial score (nSPS) is 16.9. The highest BCUT2D eigenvalue weighted by Gasteiger charge is 2.47. The first-order valence-electron chi connectivity index (χ1n) is 11.7. The number of carbonyl (C=O) groups is 2. The number of halogens is 1. The van der Waals surface area contributed by atoms with E-state index in [1.807, 2.05) is 30.5 Å². The molecular formula is C29H25BrN2O5. The lowest BCUT2D eigenvalue weighted by atomic mass is 9.94. The van der Waals surface area contributed by atoms with Crippen LogP contribution < -0.4 is 9.47 Å². The Morgan fingerprint density at radius 2 is 1.78 bits per heavy atom. The summed E-state index contributed by atoms with van der Waals surface area (Å²) in [5.74, 6) is -0.633. The highest BCUT2D eigenvalue weighted by molar-refractivity contribution is 9.10. The van der Waals surface area contributed by atoms with Crippen LogP contribution in [-0.2, 0) is 16.0 Å². The van der Waals surface area contributed by atoms with Gasteiger partial charge in [0.1, 0.15) is 17.3 Å². The number of ether oxygens (including phenoxy) is 2. The zero-order valence-corrected chi connectivity index (χ0v) is 21.9. The summed E-state index contributed by atoms with van der Waals surface area (Å²) in [6.45, 7) is 0.259. The number of benzene rings is 3. The third-order valence-corrected chi connectivity index (χ3v) is 7.21. The molecule has 1 unspecified atom stereocenters. The van der Waals surface area contributed by atoms with Crippen LogP contribution in [0.3, 0.4) is 0 Å². The molecule has 1 amide bonds. The number of methoxy groups -OCH3 is 2. The fourth-order valence-corrected chi connectivity index (χ4v) is 5.09. The van der Waals surface area contributed by atoms with Crippen LogP contribution in [0.1, 0.15) is 22.7 Å². The Hall–Kier alpha value is -4.04. The zero-order chi connectivity index (χ0) is 26.1. The predicted octanol–water partition coefficient (Wildman–Crippen LogP) is 5.61. The number of likely N-dealkylation sites (tertiary alicyclic amines) is 1. The summed E-state index contributed by atoms with van der Waals surface area (Å²) in [6, 6.07) is 19.2. The van der Waals surface area contributed by atoms with Crippen LogP contribution in [0.25, 0.3) is 16.7 Å². The van der Waals surface area contributed by atoms with Crippen molar-refractivity contribution in [2.45, 2.75) is 12.5 Å². The molecule has 0 spiro atoms. The number of hydrogen-bond donors (Lipinski definition) is 2. The third kappa shape index (κ3) is 4.49. The van der Waals surface area contributed by atoms with Gasteiger partial charge >= 0.3 is 0 Å². The van der Waals surface area contributed by atoms with Gasteiger partial charge in [-0.05, 0) is 48.4 Å². The molecule has 1 aromatic heterocycles. The van der Waals surface area contributed by atoms with Crippen LogP contribution in [-0.4, -0.2) is 47.4 Å². The molecule has 8 heteroatoms. The van der Waals surface area contributed by atoms with Crippen LogP contribution in [0.4, 0.5) is 0 Å². The lowest BCUT2D eigenvalue weighted by molar-refractivity contribution is -0.139. The predicted molar refractivity (Wildman–Crippen MR) is 145 cm³/mol. The Morgan fingerprint density at radius 3 is 2.51 bits per heavy atom. The summed E-state index contributed by atoms with van der Waals surface area (Å²) >= 11 is 3.39. The maximum absolute atomic E-state index is 13.4. The molecule has 1 aliphatic rings. The average molecular weight is 561 g/mol. The number of fused-ring (bicyclic) bond motifs is 1. The minimum Gasteiger partial charge on any atom is -0.507 e. The van der Waals surface area contributed by atoms with Gasteiger partial charge in [0, 0.05) is 39.2 Å². The number of H-pyrrole nitrogens is 1. The molecule has 1 saturated heterocycles. The van der Waals surface area contributed by atoms with Crippen molar-refractivity contribution in [3.05, 3.63) is 99.7 Å². The van der Waals surface area contributed by atoms with Crippen molar-refractivity contribution < 1.29 is 24.2 Å². The number of aliphatic hydroxyl groups excluding tert-OH is 1. The van der Waals surface area contributed by atoms with E-state index in [1.165, 1.54) is 12.0 Å². The molecule has 2 heterocycles. The lowest BCUT2D eigenvalue weighted by Crippen LogP contribution is -2.31. The van der Waals surface area contributed by atoms with Gasteiger partial charge in [-0.25, -0.2) is 0 Å². The van der Waals surface area contributed by atoms with Crippen LogP contribution in [0.5, 0.6) is 11.5 Å². The maximum atomic E-state index is 13.4. The first kappa shape index (κ1) is 24.6. The molecule has 1 atom stereocenters. The van der Waals surface area contributed by atoms with Gasteiger partial charge in [0.15, 0.2) is 0 Å². The van der Waals surface area contributed by atoms with Gasteiger partial charge in [-0.1, -0.05) is 46.3 Å². The molecule has 5 rings (SSSR count). The Balaban J connectivity index is 1.63. The van der Waals surface area contributed by atoms with Crippen LogP contribution in [0.15, 0.2) is 83.0 Å². The Kier molecular flexibility index (Phi) is 6.76. The Morgan fingerprint density at radius 1 is 1.03 bits per heavy atom. The van der Waals surface area contributed by atoms with E-state index in [4.69, 9.17) is 9.47 Å². The largest absolute Gasteiger partial charge is 0.507 e. The Bertz CT molecular complexity index is 1520. The maximum Gasteiger partial charge on any atom is 0.295 e. The minimum absolute atomic E-state index is 0.0119. The summed E-state index contributed by atoms with van der Waals surface area (Å²) in [4.78, 5) is 31.6. The van der Waals surface area contributed by atoms with Gasteiger partial charge in [0.05, 0.1) is 25.8 Å². The molecule has 188 valence electrons. The standard InChI is InChI=1S/C29H25BrN2O5/c1-36-20-11-12-24(37-2)22(15-20)26-25(27(33)17-7-9-19(30)10-8-17)28(34)29(35)32(26)14-13-18-16-31-23-6-4-3-5-21(18)23/h3-12,15-16,26,31,33H,13-14H2,1-2H3/b27-25-. The second kappa shape index (κ2) is 10.1. The van der Waals surface area contributed by atoms with E-state index in [0.717, 1.165) is 20.9 Å². The zero-order valence-electron chi connectivity index (χ0n) is 20.3. The molecule has 0 bridgehead atoms. The summed E-state index contributed by atoms with van der Waals surface area (Å²) in [6.07, 6.45) is 2.43. The molecule has 0 saturated carbocycles. The highest BCUT2D eigenvalue weighted by Crippen LogP contribution is 2.44. The molecule has 0 radical (unpaired) electrons. The van der Waals surface area contributed by atoms with Crippen molar-refractivity contribution in [3.63, 3.8) is 0 Å². The molecule has 1 fully saturated rings. The first-order chi connectivity index (χ1) is 17.9. The van der Waals surface area contributed by atoms with Crippen molar-refractivity contribution in [1.29, 1.82) is 0 Å². The molecule has 3 aromatic carbocycles. The van der Waals surface area contributed by atoms with Gasteiger partial charge in [0.25, 0.3) is 11.7 Å². The van der Waals surface area contributed by atoms with Crippen molar-refractivity contribution >= 4 is 44.3 Å². The molecule has 37 heavy (non-hydrogen) atoms. The number of Topliss-reactive ketones (excluding diaryl/α,β-unsaturated/α-hetero) is 1. The fourth-order valence-electron chi connectivity index (χ4n) is 4.83. The monoisotopic (exact) mass is 560 g/mol. The number of carbonyl (C=O) groups excluding carboxylic acids is 2. The number of aromatic nitrogens is 1. The topological polar surface area (TPSA) is 91.9 Å². The highest BCUT2D eigenvalue weighted by atomic mass is 79.9. The van der Waals surface area contributed by atoms with E-state index in [0.29, 0.717) is 29.0 Å². The lowest BCUT2D eigenvalue weighted by Gasteiger charge is -2.27. The number of aliphatic hydroxyl groups is 1. The number of nitrogens with one attached hydrogen (secondary N) is 1.